The number of aryl methyl sites for hydroxylation is 1. The number of nitrogens with one attached hydrogen (secondary N) is 1. The lowest BCUT2D eigenvalue weighted by Crippen LogP contribution is -2.48. The number of carbonyl (C=O) groups excluding carboxylic acids is 1. The van der Waals surface area contributed by atoms with Gasteiger partial charge in [0.25, 0.3) is 0 Å². The molecule has 0 aliphatic rings. The van der Waals surface area contributed by atoms with E-state index in [-0.39, 0.29) is 17.9 Å². The number of nitrogens with two attached hydrogens (primary N) is 1. The molecule has 3 atom stereocenters. The summed E-state index contributed by atoms with van der Waals surface area (Å²) in [6.45, 7) is 9.72. The zero-order chi connectivity index (χ0) is 13.9. The molecule has 0 radical (unpaired) electrons. The second-order valence-electron chi connectivity index (χ2n) is 5.12. The number of hydrogen-bond donors (Lipinski definition) is 2. The number of thiazole rings is 1. The van der Waals surface area contributed by atoms with Crippen LogP contribution in [-0.2, 0) is 10.3 Å². The van der Waals surface area contributed by atoms with E-state index in [4.69, 9.17) is 5.73 Å². The maximum Gasteiger partial charge on any atom is 0.225 e. The molecule has 102 valence electrons. The molecule has 0 aliphatic carbocycles. The van der Waals surface area contributed by atoms with Gasteiger partial charge in [0, 0.05) is 23.0 Å². The van der Waals surface area contributed by atoms with Crippen LogP contribution in [0.1, 0.15) is 44.8 Å². The Hall–Kier alpha value is -0.940. The van der Waals surface area contributed by atoms with Crippen LogP contribution in [0.15, 0.2) is 5.38 Å². The van der Waals surface area contributed by atoms with Gasteiger partial charge in [-0.25, -0.2) is 4.98 Å². The van der Waals surface area contributed by atoms with Crippen molar-refractivity contribution in [1.29, 1.82) is 0 Å². The van der Waals surface area contributed by atoms with E-state index in [9.17, 15) is 4.79 Å². The fraction of sp³-hybridized carbons (Fsp3) is 0.692. The van der Waals surface area contributed by atoms with Gasteiger partial charge in [0.15, 0.2) is 0 Å². The van der Waals surface area contributed by atoms with E-state index in [0.717, 1.165) is 17.1 Å². The smallest absolute Gasteiger partial charge is 0.225 e. The van der Waals surface area contributed by atoms with Crippen molar-refractivity contribution in [1.82, 2.24) is 10.3 Å². The topological polar surface area (TPSA) is 68.0 Å². The van der Waals surface area contributed by atoms with Gasteiger partial charge in [-0.05, 0) is 27.2 Å². The van der Waals surface area contributed by atoms with Crippen LogP contribution in [0.25, 0.3) is 0 Å². The normalized spacial score (nSPS) is 17.9. The Bertz CT molecular complexity index is 416. The fourth-order valence-corrected chi connectivity index (χ4v) is 2.51. The second-order valence-corrected chi connectivity index (χ2v) is 5.97. The summed E-state index contributed by atoms with van der Waals surface area (Å²) in [5.41, 5.74) is 6.35. The van der Waals surface area contributed by atoms with Gasteiger partial charge in [0.1, 0.15) is 5.01 Å². The van der Waals surface area contributed by atoms with Crippen LogP contribution in [0.2, 0.25) is 0 Å². The third kappa shape index (κ3) is 3.29. The summed E-state index contributed by atoms with van der Waals surface area (Å²) in [6.07, 6.45) is 0.803. The van der Waals surface area contributed by atoms with E-state index in [1.165, 1.54) is 0 Å². The highest BCUT2D eigenvalue weighted by atomic mass is 32.1. The van der Waals surface area contributed by atoms with Gasteiger partial charge >= 0.3 is 0 Å². The summed E-state index contributed by atoms with van der Waals surface area (Å²) < 4.78 is 0. The molecule has 0 aromatic carbocycles. The molecule has 0 aliphatic heterocycles. The van der Waals surface area contributed by atoms with Crippen LogP contribution >= 0.6 is 11.3 Å². The van der Waals surface area contributed by atoms with Gasteiger partial charge in [0.05, 0.1) is 5.54 Å². The van der Waals surface area contributed by atoms with Crippen molar-refractivity contribution in [3.8, 4) is 0 Å². The predicted octanol–water partition coefficient (Wildman–Crippen LogP) is 2.18. The maximum atomic E-state index is 12.1. The monoisotopic (exact) mass is 269 g/mol. The number of hydrogen-bond acceptors (Lipinski definition) is 4. The van der Waals surface area contributed by atoms with Crippen LogP contribution in [0.3, 0.4) is 0 Å². The molecule has 1 aromatic rings. The minimum Gasteiger partial charge on any atom is -0.344 e. The molecule has 1 aromatic heterocycles. The van der Waals surface area contributed by atoms with Crippen molar-refractivity contribution in [2.24, 2.45) is 11.7 Å². The largest absolute Gasteiger partial charge is 0.344 e. The standard InChI is InChI=1S/C13H23N3OS/c1-6-13(5,12-15-8(2)7-18-12)16-11(17)9(3)10(4)14/h7,9-10H,6,14H2,1-5H3,(H,16,17). The van der Waals surface area contributed by atoms with Crippen LogP contribution in [0.5, 0.6) is 0 Å². The summed E-state index contributed by atoms with van der Waals surface area (Å²) in [7, 11) is 0. The molecule has 1 rings (SSSR count). The van der Waals surface area contributed by atoms with E-state index >= 15 is 0 Å². The Morgan fingerprint density at radius 3 is 2.61 bits per heavy atom. The number of rotatable bonds is 5. The first kappa shape index (κ1) is 15.1. The van der Waals surface area contributed by atoms with Crippen molar-refractivity contribution in [2.45, 2.75) is 52.6 Å². The van der Waals surface area contributed by atoms with Gasteiger partial charge in [-0.2, -0.15) is 0 Å². The molecule has 3 N–H and O–H groups in total. The molecule has 3 unspecified atom stereocenters. The molecule has 0 spiro atoms. The molecule has 1 amide bonds. The third-order valence-corrected chi connectivity index (χ3v) is 4.62. The highest BCUT2D eigenvalue weighted by molar-refractivity contribution is 7.09. The van der Waals surface area contributed by atoms with Crippen molar-refractivity contribution >= 4 is 17.2 Å². The Balaban J connectivity index is 2.87. The quantitative estimate of drug-likeness (QED) is 0.861. The van der Waals surface area contributed by atoms with E-state index in [1.807, 2.05) is 40.0 Å². The Morgan fingerprint density at radius 1 is 1.61 bits per heavy atom. The highest BCUT2D eigenvalue weighted by Gasteiger charge is 2.31. The van der Waals surface area contributed by atoms with E-state index in [2.05, 4.69) is 10.3 Å². The Labute approximate surface area is 113 Å². The minimum atomic E-state index is -0.404. The zero-order valence-corrected chi connectivity index (χ0v) is 12.6. The number of aromatic nitrogens is 1. The van der Waals surface area contributed by atoms with E-state index < -0.39 is 5.54 Å². The van der Waals surface area contributed by atoms with Crippen molar-refractivity contribution in [3.63, 3.8) is 0 Å². The number of amides is 1. The van der Waals surface area contributed by atoms with E-state index in [0.29, 0.717) is 0 Å². The fourth-order valence-electron chi connectivity index (χ4n) is 1.53. The average molecular weight is 269 g/mol. The Morgan fingerprint density at radius 2 is 2.22 bits per heavy atom. The summed E-state index contributed by atoms with van der Waals surface area (Å²) >= 11 is 1.59. The van der Waals surface area contributed by atoms with Gasteiger partial charge < -0.3 is 11.1 Å². The zero-order valence-electron chi connectivity index (χ0n) is 11.8. The van der Waals surface area contributed by atoms with Crippen LogP contribution in [0, 0.1) is 12.8 Å². The van der Waals surface area contributed by atoms with Gasteiger partial charge in [0.2, 0.25) is 5.91 Å². The molecule has 0 bridgehead atoms. The second kappa shape index (κ2) is 5.80. The van der Waals surface area contributed by atoms with Crippen molar-refractivity contribution in [2.75, 3.05) is 0 Å². The summed E-state index contributed by atoms with van der Waals surface area (Å²) in [5.74, 6) is -0.209. The lowest BCUT2D eigenvalue weighted by molar-refractivity contribution is -0.127. The third-order valence-electron chi connectivity index (χ3n) is 3.40. The lowest BCUT2D eigenvalue weighted by Gasteiger charge is -2.29. The lowest BCUT2D eigenvalue weighted by atomic mass is 9.96. The molecule has 18 heavy (non-hydrogen) atoms. The van der Waals surface area contributed by atoms with Gasteiger partial charge in [-0.1, -0.05) is 13.8 Å². The number of nitrogens with zero attached hydrogens (tertiary/aromatic N) is 1. The molecule has 0 saturated carbocycles. The summed E-state index contributed by atoms with van der Waals surface area (Å²) in [5, 5.41) is 6.04. The van der Waals surface area contributed by atoms with Crippen LogP contribution < -0.4 is 11.1 Å². The van der Waals surface area contributed by atoms with Crippen molar-refractivity contribution < 1.29 is 4.79 Å². The average Bonchev–Trinajstić information content (AvgIpc) is 2.75. The minimum absolute atomic E-state index is 0.0118. The molecule has 1 heterocycles. The van der Waals surface area contributed by atoms with Crippen LogP contribution in [0.4, 0.5) is 0 Å². The van der Waals surface area contributed by atoms with E-state index in [1.54, 1.807) is 11.3 Å². The SMILES string of the molecule is CCC(C)(NC(=O)C(C)C(C)N)c1nc(C)cs1. The first-order chi connectivity index (χ1) is 8.30. The van der Waals surface area contributed by atoms with Crippen molar-refractivity contribution in [3.05, 3.63) is 16.1 Å². The highest BCUT2D eigenvalue weighted by Crippen LogP contribution is 2.28. The predicted molar refractivity (Wildman–Crippen MR) is 75.5 cm³/mol. The molecule has 0 fully saturated rings. The van der Waals surface area contributed by atoms with Crippen LogP contribution in [-0.4, -0.2) is 16.9 Å². The first-order valence-corrected chi connectivity index (χ1v) is 7.18. The van der Waals surface area contributed by atoms with Gasteiger partial charge in [-0.3, -0.25) is 4.79 Å². The first-order valence-electron chi connectivity index (χ1n) is 6.30. The summed E-state index contributed by atoms with van der Waals surface area (Å²) in [6, 6.07) is -0.149. The summed E-state index contributed by atoms with van der Waals surface area (Å²) in [4.78, 5) is 16.6. The Kier molecular flexibility index (Phi) is 4.87. The number of carbonyl (C=O) groups is 1. The molecular formula is C13H23N3OS. The molecule has 0 saturated heterocycles. The molecule has 5 heteroatoms. The maximum absolute atomic E-state index is 12.1. The molecular weight excluding hydrogens is 246 g/mol. The van der Waals surface area contributed by atoms with Gasteiger partial charge in [-0.15, -0.1) is 11.3 Å². The molecule has 4 nitrogen and oxygen atoms in total.